The standard InChI is InChI=1S/C19H27FN2O/c1-13-3-4-17(21-12-13)14-9-15-11-19(5-7-22(2)8-6-19)23-18(15)16(20)10-14/h9-10,13,17,21H,3-8,11-12H2,1-2H3/t13-,17?/m0/s1. The molecule has 2 atom stereocenters. The van der Waals surface area contributed by atoms with Crippen LogP contribution in [0.1, 0.15) is 49.8 Å². The van der Waals surface area contributed by atoms with Gasteiger partial charge in [-0.1, -0.05) is 13.0 Å². The van der Waals surface area contributed by atoms with Crippen LogP contribution in [0.3, 0.4) is 0 Å². The maximum atomic E-state index is 14.6. The molecule has 0 bridgehead atoms. The Hall–Kier alpha value is -1.13. The first-order valence-electron chi connectivity index (χ1n) is 8.98. The number of benzene rings is 1. The summed E-state index contributed by atoms with van der Waals surface area (Å²) in [5.41, 5.74) is 2.01. The highest BCUT2D eigenvalue weighted by Gasteiger charge is 2.43. The monoisotopic (exact) mass is 318 g/mol. The van der Waals surface area contributed by atoms with E-state index in [-0.39, 0.29) is 11.4 Å². The quantitative estimate of drug-likeness (QED) is 0.860. The molecule has 1 aromatic rings. The summed E-state index contributed by atoms with van der Waals surface area (Å²) in [6.07, 6.45) is 5.15. The minimum Gasteiger partial charge on any atom is -0.483 e. The zero-order valence-electron chi connectivity index (χ0n) is 14.2. The Kier molecular flexibility index (Phi) is 3.85. The van der Waals surface area contributed by atoms with Gasteiger partial charge in [0, 0.05) is 44.0 Å². The molecule has 4 rings (SSSR count). The van der Waals surface area contributed by atoms with Crippen molar-refractivity contribution < 1.29 is 9.13 Å². The van der Waals surface area contributed by atoms with Crippen LogP contribution in [0.15, 0.2) is 12.1 Å². The number of hydrogen-bond donors (Lipinski definition) is 1. The maximum Gasteiger partial charge on any atom is 0.165 e. The first-order chi connectivity index (χ1) is 11.0. The molecule has 0 aliphatic carbocycles. The molecule has 1 aromatic carbocycles. The third kappa shape index (κ3) is 2.87. The minimum atomic E-state index is -0.172. The molecule has 2 fully saturated rings. The zero-order valence-corrected chi connectivity index (χ0v) is 14.2. The van der Waals surface area contributed by atoms with E-state index in [4.69, 9.17) is 4.74 Å². The van der Waals surface area contributed by atoms with Crippen LogP contribution in [0, 0.1) is 11.7 Å². The van der Waals surface area contributed by atoms with Crippen molar-refractivity contribution in [2.24, 2.45) is 5.92 Å². The summed E-state index contributed by atoms with van der Waals surface area (Å²) in [6, 6.07) is 4.18. The Morgan fingerprint density at radius 3 is 2.74 bits per heavy atom. The molecule has 4 heteroatoms. The predicted octanol–water partition coefficient (Wildman–Crippen LogP) is 3.29. The van der Waals surface area contributed by atoms with Gasteiger partial charge in [0.1, 0.15) is 5.60 Å². The van der Waals surface area contributed by atoms with Crippen molar-refractivity contribution in [3.05, 3.63) is 29.1 Å². The van der Waals surface area contributed by atoms with Crippen molar-refractivity contribution in [2.45, 2.75) is 50.7 Å². The van der Waals surface area contributed by atoms with E-state index in [1.165, 1.54) is 6.42 Å². The number of likely N-dealkylation sites (tertiary alicyclic amines) is 1. The van der Waals surface area contributed by atoms with Crippen LogP contribution >= 0.6 is 0 Å². The summed E-state index contributed by atoms with van der Waals surface area (Å²) in [5.74, 6) is 1.06. The summed E-state index contributed by atoms with van der Waals surface area (Å²) < 4.78 is 20.8. The van der Waals surface area contributed by atoms with Crippen molar-refractivity contribution in [1.29, 1.82) is 0 Å². The van der Waals surface area contributed by atoms with E-state index in [1.807, 2.05) is 0 Å². The largest absolute Gasteiger partial charge is 0.483 e. The summed E-state index contributed by atoms with van der Waals surface area (Å²) >= 11 is 0. The first kappa shape index (κ1) is 15.4. The zero-order chi connectivity index (χ0) is 16.0. The molecular formula is C19H27FN2O. The second kappa shape index (κ2) is 5.75. The average molecular weight is 318 g/mol. The van der Waals surface area contributed by atoms with E-state index >= 15 is 0 Å². The van der Waals surface area contributed by atoms with Crippen LogP contribution in [0.2, 0.25) is 0 Å². The van der Waals surface area contributed by atoms with E-state index in [1.54, 1.807) is 6.07 Å². The van der Waals surface area contributed by atoms with Gasteiger partial charge < -0.3 is 15.0 Å². The van der Waals surface area contributed by atoms with E-state index in [2.05, 4.69) is 30.3 Å². The number of nitrogens with one attached hydrogen (secondary N) is 1. The number of halogens is 1. The lowest BCUT2D eigenvalue weighted by Crippen LogP contribution is -2.45. The summed E-state index contributed by atoms with van der Waals surface area (Å²) in [4.78, 5) is 2.33. The van der Waals surface area contributed by atoms with Crippen LogP contribution in [-0.4, -0.2) is 37.2 Å². The van der Waals surface area contributed by atoms with E-state index in [9.17, 15) is 4.39 Å². The van der Waals surface area contributed by atoms with Gasteiger partial charge in [-0.15, -0.1) is 0 Å². The maximum absolute atomic E-state index is 14.6. The molecule has 1 spiro atoms. The molecule has 0 aromatic heterocycles. The minimum absolute atomic E-state index is 0.164. The number of rotatable bonds is 1. The lowest BCUT2D eigenvalue weighted by molar-refractivity contribution is 0.0247. The summed E-state index contributed by atoms with van der Waals surface area (Å²) in [7, 11) is 2.14. The highest BCUT2D eigenvalue weighted by molar-refractivity contribution is 5.44. The number of ether oxygens (including phenoxy) is 1. The average Bonchev–Trinajstić information content (AvgIpc) is 2.90. The summed E-state index contributed by atoms with van der Waals surface area (Å²) in [5, 5.41) is 3.57. The molecule has 0 saturated carbocycles. The van der Waals surface area contributed by atoms with Crippen molar-refractivity contribution in [1.82, 2.24) is 10.2 Å². The van der Waals surface area contributed by atoms with Crippen LogP contribution in [0.25, 0.3) is 0 Å². The third-order valence-electron chi connectivity index (χ3n) is 5.94. The second-order valence-corrected chi connectivity index (χ2v) is 7.90. The molecule has 0 radical (unpaired) electrons. The number of fused-ring (bicyclic) bond motifs is 1. The molecule has 1 unspecified atom stereocenters. The fourth-order valence-corrected chi connectivity index (χ4v) is 4.31. The van der Waals surface area contributed by atoms with Gasteiger partial charge >= 0.3 is 0 Å². The SMILES string of the molecule is C[C@H]1CCC(c2cc(F)c3c(c2)CC2(CCN(C)CC2)O3)NC1. The Morgan fingerprint density at radius 2 is 2.04 bits per heavy atom. The van der Waals surface area contributed by atoms with Crippen LogP contribution in [-0.2, 0) is 6.42 Å². The van der Waals surface area contributed by atoms with Crippen LogP contribution < -0.4 is 10.1 Å². The lowest BCUT2D eigenvalue weighted by atomic mass is 9.86. The molecular weight excluding hydrogens is 291 g/mol. The fourth-order valence-electron chi connectivity index (χ4n) is 4.31. The molecule has 1 N–H and O–H groups in total. The van der Waals surface area contributed by atoms with Gasteiger partial charge in [-0.05, 0) is 44.0 Å². The predicted molar refractivity (Wildman–Crippen MR) is 89.3 cm³/mol. The molecule has 2 saturated heterocycles. The molecule has 3 heterocycles. The van der Waals surface area contributed by atoms with Crippen molar-refractivity contribution in [2.75, 3.05) is 26.7 Å². The van der Waals surface area contributed by atoms with E-state index in [0.29, 0.717) is 11.8 Å². The fraction of sp³-hybridized carbons (Fsp3) is 0.684. The smallest absolute Gasteiger partial charge is 0.165 e. The Morgan fingerprint density at radius 1 is 1.26 bits per heavy atom. The molecule has 126 valence electrons. The highest BCUT2D eigenvalue weighted by Crippen LogP contribution is 2.43. The third-order valence-corrected chi connectivity index (χ3v) is 5.94. The van der Waals surface area contributed by atoms with Gasteiger partial charge in [0.25, 0.3) is 0 Å². The second-order valence-electron chi connectivity index (χ2n) is 7.90. The van der Waals surface area contributed by atoms with Gasteiger partial charge in [-0.2, -0.15) is 0 Å². The number of piperidine rings is 2. The molecule has 3 aliphatic heterocycles. The summed E-state index contributed by atoms with van der Waals surface area (Å²) in [6.45, 7) is 5.36. The molecule has 23 heavy (non-hydrogen) atoms. The van der Waals surface area contributed by atoms with Crippen molar-refractivity contribution in [3.8, 4) is 5.75 Å². The van der Waals surface area contributed by atoms with E-state index in [0.717, 1.165) is 62.4 Å². The Bertz CT molecular complexity index is 587. The normalized spacial score (nSPS) is 30.2. The topological polar surface area (TPSA) is 24.5 Å². The Labute approximate surface area is 138 Å². The van der Waals surface area contributed by atoms with Gasteiger partial charge in [0.15, 0.2) is 11.6 Å². The van der Waals surface area contributed by atoms with Crippen LogP contribution in [0.5, 0.6) is 5.75 Å². The van der Waals surface area contributed by atoms with Crippen molar-refractivity contribution in [3.63, 3.8) is 0 Å². The Balaban J connectivity index is 1.56. The van der Waals surface area contributed by atoms with Gasteiger partial charge in [-0.25, -0.2) is 4.39 Å². The highest BCUT2D eigenvalue weighted by atomic mass is 19.1. The van der Waals surface area contributed by atoms with E-state index < -0.39 is 0 Å². The van der Waals surface area contributed by atoms with Crippen LogP contribution in [0.4, 0.5) is 4.39 Å². The van der Waals surface area contributed by atoms with Gasteiger partial charge in [-0.3, -0.25) is 0 Å². The first-order valence-corrected chi connectivity index (χ1v) is 8.98. The molecule has 0 amide bonds. The van der Waals surface area contributed by atoms with Gasteiger partial charge in [0.05, 0.1) is 0 Å². The van der Waals surface area contributed by atoms with Crippen molar-refractivity contribution >= 4 is 0 Å². The number of hydrogen-bond acceptors (Lipinski definition) is 3. The number of nitrogens with zero attached hydrogens (tertiary/aromatic N) is 1. The van der Waals surface area contributed by atoms with Gasteiger partial charge in [0.2, 0.25) is 0 Å². The molecule has 3 nitrogen and oxygen atoms in total. The molecule has 3 aliphatic rings. The lowest BCUT2D eigenvalue weighted by Gasteiger charge is -2.37.